The molecule has 1 amide bonds. The smallest absolute Gasteiger partial charge is 0.323 e. The summed E-state index contributed by atoms with van der Waals surface area (Å²) in [5.74, 6) is 0.101. The van der Waals surface area contributed by atoms with E-state index in [4.69, 9.17) is 10.8 Å². The third-order valence-corrected chi connectivity index (χ3v) is 4.60. The summed E-state index contributed by atoms with van der Waals surface area (Å²) in [4.78, 5) is 24.4. The molecule has 2 aliphatic rings. The van der Waals surface area contributed by atoms with E-state index < -0.39 is 6.04 Å². The van der Waals surface area contributed by atoms with Crippen molar-refractivity contribution in [1.29, 1.82) is 0 Å². The normalized spacial score (nSPS) is 26.8. The van der Waals surface area contributed by atoms with Gasteiger partial charge in [0, 0.05) is 5.75 Å². The number of hydrogen-bond acceptors (Lipinski definition) is 7. The van der Waals surface area contributed by atoms with E-state index >= 15 is 0 Å². The highest BCUT2D eigenvalue weighted by Gasteiger charge is 2.52. The van der Waals surface area contributed by atoms with Crippen LogP contribution in [0.1, 0.15) is 0 Å². The van der Waals surface area contributed by atoms with Crippen LogP contribution in [0, 0.1) is 0 Å². The van der Waals surface area contributed by atoms with Gasteiger partial charge in [0.25, 0.3) is 0 Å². The summed E-state index contributed by atoms with van der Waals surface area (Å²) in [5.41, 5.74) is 5.47. The van der Waals surface area contributed by atoms with Crippen molar-refractivity contribution in [2.24, 2.45) is 5.73 Å². The molecular formula is C10H17N3O4S. The zero-order valence-electron chi connectivity index (χ0n) is 10.1. The standard InChI is InChI=1S/C10H17N3O4S/c1-17-9(16)7-3-18-10(12-7)4-13(5-10)8(15)6(11)2-14/h6-7,12,14H,2-5,11H2,1H3/t6-,7-/m0/s1. The minimum absolute atomic E-state index is 0.257. The SMILES string of the molecule is COC(=O)[C@@H]1CSC2(CN(C(=O)[C@@H](N)CO)C2)N1. The first kappa shape index (κ1) is 13.6. The lowest BCUT2D eigenvalue weighted by Gasteiger charge is -2.48. The molecule has 2 heterocycles. The predicted molar refractivity (Wildman–Crippen MR) is 65.8 cm³/mol. The van der Waals surface area contributed by atoms with Crippen LogP contribution in [0.2, 0.25) is 0 Å². The Bertz CT molecular complexity index is 359. The number of ether oxygens (including phenoxy) is 1. The number of carbonyl (C=O) groups is 2. The Labute approximate surface area is 109 Å². The van der Waals surface area contributed by atoms with Crippen molar-refractivity contribution in [3.63, 3.8) is 0 Å². The number of thioether (sulfide) groups is 1. The quantitative estimate of drug-likeness (QED) is 0.498. The molecule has 0 aromatic heterocycles. The molecule has 0 aliphatic carbocycles. The molecule has 0 saturated carbocycles. The predicted octanol–water partition coefficient (Wildman–Crippen LogP) is -2.28. The zero-order valence-corrected chi connectivity index (χ0v) is 10.9. The van der Waals surface area contributed by atoms with Gasteiger partial charge in [0.05, 0.1) is 26.8 Å². The summed E-state index contributed by atoms with van der Waals surface area (Å²) in [7, 11) is 1.36. The summed E-state index contributed by atoms with van der Waals surface area (Å²) < 4.78 is 4.68. The Kier molecular flexibility index (Phi) is 3.81. The molecule has 102 valence electrons. The van der Waals surface area contributed by atoms with Gasteiger partial charge in [0.1, 0.15) is 17.0 Å². The third-order valence-electron chi connectivity index (χ3n) is 3.17. The second kappa shape index (κ2) is 5.04. The lowest BCUT2D eigenvalue weighted by Crippen LogP contribution is -2.69. The van der Waals surface area contributed by atoms with E-state index in [-0.39, 0.29) is 29.4 Å². The number of nitrogens with one attached hydrogen (secondary N) is 1. The van der Waals surface area contributed by atoms with Gasteiger partial charge in [-0.3, -0.25) is 14.9 Å². The third kappa shape index (κ3) is 2.33. The lowest BCUT2D eigenvalue weighted by molar-refractivity contribution is -0.143. The molecule has 1 spiro atoms. The molecule has 7 nitrogen and oxygen atoms in total. The van der Waals surface area contributed by atoms with Gasteiger partial charge in [-0.25, -0.2) is 0 Å². The van der Waals surface area contributed by atoms with Gasteiger partial charge in [-0.1, -0.05) is 0 Å². The molecule has 18 heavy (non-hydrogen) atoms. The van der Waals surface area contributed by atoms with Crippen LogP contribution in [0.3, 0.4) is 0 Å². The fourth-order valence-electron chi connectivity index (χ4n) is 2.13. The molecule has 0 unspecified atom stereocenters. The van der Waals surface area contributed by atoms with Gasteiger partial charge in [-0.05, 0) is 0 Å². The number of methoxy groups -OCH3 is 1. The summed E-state index contributed by atoms with van der Waals surface area (Å²) in [5, 5.41) is 12.0. The number of hydrogen-bond donors (Lipinski definition) is 3. The van der Waals surface area contributed by atoms with E-state index in [2.05, 4.69) is 10.1 Å². The number of nitrogens with two attached hydrogens (primary N) is 1. The largest absolute Gasteiger partial charge is 0.468 e. The molecule has 0 bridgehead atoms. The van der Waals surface area contributed by atoms with Crippen molar-refractivity contribution in [2.45, 2.75) is 17.0 Å². The Hall–Kier alpha value is -0.830. The number of rotatable bonds is 3. The first-order valence-corrected chi connectivity index (χ1v) is 6.64. The maximum Gasteiger partial charge on any atom is 0.323 e. The van der Waals surface area contributed by atoms with Crippen molar-refractivity contribution in [3.8, 4) is 0 Å². The molecule has 0 aromatic rings. The second-order valence-electron chi connectivity index (χ2n) is 4.51. The topological polar surface area (TPSA) is 105 Å². The first-order chi connectivity index (χ1) is 8.51. The average Bonchev–Trinajstić information content (AvgIpc) is 2.79. The molecule has 2 saturated heterocycles. The van der Waals surface area contributed by atoms with Gasteiger partial charge in [0.2, 0.25) is 5.91 Å². The fraction of sp³-hybridized carbons (Fsp3) is 0.800. The lowest BCUT2D eigenvalue weighted by atomic mass is 10.1. The first-order valence-electron chi connectivity index (χ1n) is 5.66. The summed E-state index contributed by atoms with van der Waals surface area (Å²) in [6, 6.07) is -1.17. The molecule has 0 radical (unpaired) electrons. The van der Waals surface area contributed by atoms with Crippen LogP contribution >= 0.6 is 11.8 Å². The Morgan fingerprint density at radius 3 is 2.89 bits per heavy atom. The van der Waals surface area contributed by atoms with Crippen molar-refractivity contribution >= 4 is 23.6 Å². The number of esters is 1. The number of aliphatic hydroxyl groups excluding tert-OH is 1. The van der Waals surface area contributed by atoms with Crippen LogP contribution in [-0.4, -0.2) is 71.4 Å². The van der Waals surface area contributed by atoms with E-state index in [9.17, 15) is 9.59 Å². The highest BCUT2D eigenvalue weighted by Crippen LogP contribution is 2.38. The highest BCUT2D eigenvalue weighted by atomic mass is 32.2. The van der Waals surface area contributed by atoms with Crippen LogP contribution in [-0.2, 0) is 14.3 Å². The molecule has 0 aromatic carbocycles. The van der Waals surface area contributed by atoms with Gasteiger partial charge in [-0.15, -0.1) is 11.8 Å². The maximum atomic E-state index is 11.7. The zero-order chi connectivity index (χ0) is 13.3. The van der Waals surface area contributed by atoms with Crippen LogP contribution in [0.4, 0.5) is 0 Å². The fourth-order valence-corrected chi connectivity index (χ4v) is 3.56. The monoisotopic (exact) mass is 275 g/mol. The summed E-state index contributed by atoms with van der Waals surface area (Å²) in [6.07, 6.45) is 0. The minimum atomic E-state index is -0.856. The van der Waals surface area contributed by atoms with Gasteiger partial charge in [0.15, 0.2) is 0 Å². The average molecular weight is 275 g/mol. The number of likely N-dealkylation sites (tertiary alicyclic amines) is 1. The van der Waals surface area contributed by atoms with E-state index in [1.54, 1.807) is 16.7 Å². The van der Waals surface area contributed by atoms with E-state index in [1.807, 2.05) is 0 Å². The molecule has 2 fully saturated rings. The van der Waals surface area contributed by atoms with Crippen LogP contribution in [0.15, 0.2) is 0 Å². The van der Waals surface area contributed by atoms with Crippen molar-refractivity contribution in [2.75, 3.05) is 32.6 Å². The molecule has 4 N–H and O–H groups in total. The Morgan fingerprint density at radius 2 is 2.33 bits per heavy atom. The van der Waals surface area contributed by atoms with Crippen LogP contribution in [0.5, 0.6) is 0 Å². The Balaban J connectivity index is 1.86. The molecule has 2 atom stereocenters. The van der Waals surface area contributed by atoms with Gasteiger partial charge >= 0.3 is 5.97 Å². The molecular weight excluding hydrogens is 258 g/mol. The number of amides is 1. The summed E-state index contributed by atoms with van der Waals surface area (Å²) in [6.45, 7) is 0.642. The number of nitrogens with zero attached hydrogens (tertiary/aromatic N) is 1. The van der Waals surface area contributed by atoms with Crippen molar-refractivity contribution in [3.05, 3.63) is 0 Å². The number of carbonyl (C=O) groups excluding carboxylic acids is 2. The minimum Gasteiger partial charge on any atom is -0.468 e. The number of aliphatic hydroxyl groups is 1. The maximum absolute atomic E-state index is 11.7. The summed E-state index contributed by atoms with van der Waals surface area (Å²) >= 11 is 1.61. The van der Waals surface area contributed by atoms with Crippen LogP contribution < -0.4 is 11.1 Å². The van der Waals surface area contributed by atoms with E-state index in [0.717, 1.165) is 0 Å². The van der Waals surface area contributed by atoms with E-state index in [1.165, 1.54) is 7.11 Å². The van der Waals surface area contributed by atoms with Gasteiger partial charge in [-0.2, -0.15) is 0 Å². The van der Waals surface area contributed by atoms with Gasteiger partial charge < -0.3 is 20.5 Å². The molecule has 2 aliphatic heterocycles. The van der Waals surface area contributed by atoms with E-state index in [0.29, 0.717) is 18.8 Å². The van der Waals surface area contributed by atoms with Crippen molar-refractivity contribution < 1.29 is 19.4 Å². The highest BCUT2D eigenvalue weighted by molar-refractivity contribution is 8.01. The second-order valence-corrected chi connectivity index (χ2v) is 5.91. The molecule has 2 rings (SSSR count). The Morgan fingerprint density at radius 1 is 1.67 bits per heavy atom. The molecule has 8 heteroatoms. The van der Waals surface area contributed by atoms with Crippen LogP contribution in [0.25, 0.3) is 0 Å². The van der Waals surface area contributed by atoms with Crippen molar-refractivity contribution in [1.82, 2.24) is 10.2 Å².